The van der Waals surface area contributed by atoms with Crippen molar-refractivity contribution in [2.45, 2.75) is 38.1 Å². The Morgan fingerprint density at radius 1 is 1.41 bits per heavy atom. The van der Waals surface area contributed by atoms with E-state index in [2.05, 4.69) is 10.3 Å². The van der Waals surface area contributed by atoms with E-state index < -0.39 is 0 Å². The number of carbonyl (C=O) groups excluding carboxylic acids is 1. The molecular weight excluding hydrogens is 216 g/mol. The van der Waals surface area contributed by atoms with Crippen LogP contribution in [0.3, 0.4) is 0 Å². The molecule has 4 nitrogen and oxygen atoms in total. The second-order valence-corrected chi connectivity index (χ2v) is 4.74. The topological polar surface area (TPSA) is 65.1 Å². The fourth-order valence-electron chi connectivity index (χ4n) is 2.51. The molecule has 2 rings (SSSR count). The Balaban J connectivity index is 1.97. The third kappa shape index (κ3) is 3.09. The van der Waals surface area contributed by atoms with E-state index in [9.17, 15) is 9.90 Å². The summed E-state index contributed by atoms with van der Waals surface area (Å²) < 4.78 is 0. The predicted molar refractivity (Wildman–Crippen MR) is 65.7 cm³/mol. The van der Waals surface area contributed by atoms with E-state index in [4.69, 9.17) is 0 Å². The van der Waals surface area contributed by atoms with E-state index in [1.165, 1.54) is 6.42 Å². The first-order valence-corrected chi connectivity index (χ1v) is 6.36. The molecular formula is C13H20N2O2. The van der Waals surface area contributed by atoms with Gasteiger partial charge in [-0.25, -0.2) is 0 Å². The van der Waals surface area contributed by atoms with Gasteiger partial charge < -0.3 is 15.4 Å². The Morgan fingerprint density at radius 2 is 2.24 bits per heavy atom. The van der Waals surface area contributed by atoms with Gasteiger partial charge in [0.25, 0.3) is 5.91 Å². The number of hydrogen-bond acceptors (Lipinski definition) is 2. The third-order valence-corrected chi connectivity index (χ3v) is 3.55. The predicted octanol–water partition coefficient (Wildman–Crippen LogP) is 1.69. The zero-order valence-electron chi connectivity index (χ0n) is 9.98. The number of aliphatic hydroxyl groups excluding tert-OH is 1. The second-order valence-electron chi connectivity index (χ2n) is 4.74. The monoisotopic (exact) mass is 236 g/mol. The van der Waals surface area contributed by atoms with E-state index in [1.807, 2.05) is 6.07 Å². The van der Waals surface area contributed by atoms with Crippen LogP contribution >= 0.6 is 0 Å². The maximum Gasteiger partial charge on any atom is 0.267 e. The molecule has 0 spiro atoms. The molecule has 1 aliphatic carbocycles. The Kier molecular flexibility index (Phi) is 4.20. The standard InChI is InChI=1S/C13H20N2O2/c16-9-10-5-2-1-3-6-11(10)15-13(17)12-7-4-8-14-12/h4,7-8,10-11,14,16H,1-3,5-6,9H2,(H,15,17). The second kappa shape index (κ2) is 5.87. The molecule has 4 heteroatoms. The molecule has 1 aliphatic rings. The summed E-state index contributed by atoms with van der Waals surface area (Å²) in [5.41, 5.74) is 0.589. The van der Waals surface area contributed by atoms with Crippen LogP contribution in [0.5, 0.6) is 0 Å². The van der Waals surface area contributed by atoms with Crippen LogP contribution < -0.4 is 5.32 Å². The molecule has 0 saturated heterocycles. The minimum absolute atomic E-state index is 0.0691. The van der Waals surface area contributed by atoms with E-state index in [0.717, 1.165) is 25.7 Å². The zero-order chi connectivity index (χ0) is 12.1. The number of hydrogen-bond donors (Lipinski definition) is 3. The SMILES string of the molecule is O=C(NC1CCCCCC1CO)c1ccc[nH]1. The number of carbonyl (C=O) groups is 1. The van der Waals surface area contributed by atoms with Crippen molar-refractivity contribution in [1.29, 1.82) is 0 Å². The van der Waals surface area contributed by atoms with Crippen molar-refractivity contribution in [1.82, 2.24) is 10.3 Å². The number of amides is 1. The summed E-state index contributed by atoms with van der Waals surface area (Å²) in [4.78, 5) is 14.8. The molecule has 3 N–H and O–H groups in total. The third-order valence-electron chi connectivity index (χ3n) is 3.55. The molecule has 2 atom stereocenters. The smallest absolute Gasteiger partial charge is 0.267 e. The molecule has 1 fully saturated rings. The number of aliphatic hydroxyl groups is 1. The minimum Gasteiger partial charge on any atom is -0.396 e. The van der Waals surface area contributed by atoms with Crippen molar-refractivity contribution in [3.63, 3.8) is 0 Å². The van der Waals surface area contributed by atoms with Gasteiger partial charge in [-0.1, -0.05) is 19.3 Å². The van der Waals surface area contributed by atoms with Crippen LogP contribution in [0.25, 0.3) is 0 Å². The first-order valence-electron chi connectivity index (χ1n) is 6.36. The Bertz CT molecular complexity index is 348. The van der Waals surface area contributed by atoms with Crippen molar-refractivity contribution >= 4 is 5.91 Å². The lowest BCUT2D eigenvalue weighted by atomic mass is 9.95. The fourth-order valence-corrected chi connectivity index (χ4v) is 2.51. The molecule has 0 radical (unpaired) electrons. The summed E-state index contributed by atoms with van der Waals surface area (Å²) >= 11 is 0. The maximum atomic E-state index is 11.9. The first-order chi connectivity index (χ1) is 8.31. The van der Waals surface area contributed by atoms with Gasteiger partial charge in [-0.15, -0.1) is 0 Å². The molecule has 0 aliphatic heterocycles. The van der Waals surface area contributed by atoms with Crippen molar-refractivity contribution < 1.29 is 9.90 Å². The average molecular weight is 236 g/mol. The van der Waals surface area contributed by atoms with E-state index in [0.29, 0.717) is 5.69 Å². The molecule has 1 amide bonds. The maximum absolute atomic E-state index is 11.9. The van der Waals surface area contributed by atoms with Crippen molar-refractivity contribution in [2.24, 2.45) is 5.92 Å². The summed E-state index contributed by atoms with van der Waals surface area (Å²) in [6, 6.07) is 3.68. The molecule has 1 aromatic rings. The Morgan fingerprint density at radius 3 is 2.94 bits per heavy atom. The summed E-state index contributed by atoms with van der Waals surface area (Å²) in [6.45, 7) is 0.162. The fraction of sp³-hybridized carbons (Fsp3) is 0.615. The highest BCUT2D eigenvalue weighted by molar-refractivity contribution is 5.92. The number of H-pyrrole nitrogens is 1. The van der Waals surface area contributed by atoms with Crippen LogP contribution in [0.2, 0.25) is 0 Å². The van der Waals surface area contributed by atoms with Crippen LogP contribution in [0.15, 0.2) is 18.3 Å². The average Bonchev–Trinajstić information content (AvgIpc) is 2.78. The molecule has 17 heavy (non-hydrogen) atoms. The number of nitrogens with one attached hydrogen (secondary N) is 2. The van der Waals surface area contributed by atoms with E-state index >= 15 is 0 Å². The highest BCUT2D eigenvalue weighted by Gasteiger charge is 2.24. The van der Waals surface area contributed by atoms with Crippen LogP contribution in [0, 0.1) is 5.92 Å². The molecule has 0 bridgehead atoms. The van der Waals surface area contributed by atoms with E-state index in [1.54, 1.807) is 12.3 Å². The molecule has 2 unspecified atom stereocenters. The van der Waals surface area contributed by atoms with Crippen molar-refractivity contribution in [3.05, 3.63) is 24.0 Å². The lowest BCUT2D eigenvalue weighted by Crippen LogP contribution is -2.41. The number of aromatic amines is 1. The van der Waals surface area contributed by atoms with Gasteiger partial charge in [0.2, 0.25) is 0 Å². The first kappa shape index (κ1) is 12.2. The van der Waals surface area contributed by atoms with Crippen LogP contribution in [0.4, 0.5) is 0 Å². The van der Waals surface area contributed by atoms with Gasteiger partial charge in [-0.3, -0.25) is 4.79 Å². The lowest BCUT2D eigenvalue weighted by Gasteiger charge is -2.24. The van der Waals surface area contributed by atoms with Gasteiger partial charge in [0, 0.05) is 24.8 Å². The van der Waals surface area contributed by atoms with E-state index in [-0.39, 0.29) is 24.5 Å². The van der Waals surface area contributed by atoms with Crippen LogP contribution in [-0.4, -0.2) is 28.6 Å². The summed E-state index contributed by atoms with van der Waals surface area (Å²) in [5.74, 6) is 0.136. The van der Waals surface area contributed by atoms with Gasteiger partial charge >= 0.3 is 0 Å². The number of rotatable bonds is 3. The molecule has 94 valence electrons. The normalized spacial score (nSPS) is 25.2. The quantitative estimate of drug-likeness (QED) is 0.699. The molecule has 1 saturated carbocycles. The van der Waals surface area contributed by atoms with Gasteiger partial charge in [0.15, 0.2) is 0 Å². The van der Waals surface area contributed by atoms with Gasteiger partial charge in [-0.05, 0) is 25.0 Å². The van der Waals surface area contributed by atoms with Crippen molar-refractivity contribution in [3.8, 4) is 0 Å². The Labute approximate surface area is 101 Å². The molecule has 0 aromatic carbocycles. The molecule has 1 heterocycles. The van der Waals surface area contributed by atoms with Crippen LogP contribution in [-0.2, 0) is 0 Å². The number of aromatic nitrogens is 1. The summed E-state index contributed by atoms with van der Waals surface area (Å²) in [6.07, 6.45) is 7.20. The largest absolute Gasteiger partial charge is 0.396 e. The van der Waals surface area contributed by atoms with Gasteiger partial charge in [0.05, 0.1) is 0 Å². The summed E-state index contributed by atoms with van der Waals surface area (Å²) in [5, 5.41) is 12.4. The highest BCUT2D eigenvalue weighted by Crippen LogP contribution is 2.23. The molecule has 1 aromatic heterocycles. The van der Waals surface area contributed by atoms with Crippen LogP contribution in [0.1, 0.15) is 42.6 Å². The summed E-state index contributed by atoms with van der Waals surface area (Å²) in [7, 11) is 0. The zero-order valence-corrected chi connectivity index (χ0v) is 9.98. The Hall–Kier alpha value is -1.29. The highest BCUT2D eigenvalue weighted by atomic mass is 16.3. The van der Waals surface area contributed by atoms with Crippen molar-refractivity contribution in [2.75, 3.05) is 6.61 Å². The van der Waals surface area contributed by atoms with Gasteiger partial charge in [-0.2, -0.15) is 0 Å². The lowest BCUT2D eigenvalue weighted by molar-refractivity contribution is 0.0895. The van der Waals surface area contributed by atoms with Gasteiger partial charge in [0.1, 0.15) is 5.69 Å². The minimum atomic E-state index is -0.0691.